The number of benzene rings is 2. The zero-order valence-corrected chi connectivity index (χ0v) is 12.9. The summed E-state index contributed by atoms with van der Waals surface area (Å²) < 4.78 is 26.6. The van der Waals surface area contributed by atoms with Crippen molar-refractivity contribution in [2.75, 3.05) is 0 Å². The number of hydrogen-bond acceptors (Lipinski definition) is 2. The van der Waals surface area contributed by atoms with Crippen LogP contribution in [0.1, 0.15) is 46.7 Å². The Kier molecular flexibility index (Phi) is 4.57. The molecule has 0 bridgehead atoms. The number of halogens is 2. The molecule has 24 heavy (non-hydrogen) atoms. The van der Waals surface area contributed by atoms with Crippen molar-refractivity contribution in [3.8, 4) is 6.07 Å². The molecule has 2 atom stereocenters. The molecule has 3 nitrogen and oxygen atoms in total. The van der Waals surface area contributed by atoms with E-state index in [0.29, 0.717) is 16.7 Å². The number of amides is 1. The molecule has 0 aromatic heterocycles. The number of carbonyl (C=O) groups excluding carboxylic acids is 1. The maximum atomic E-state index is 13.5. The van der Waals surface area contributed by atoms with Crippen molar-refractivity contribution in [2.45, 2.75) is 31.2 Å². The second-order valence-corrected chi connectivity index (χ2v) is 5.95. The van der Waals surface area contributed by atoms with Gasteiger partial charge in [-0.05, 0) is 42.7 Å². The molecule has 5 heteroatoms. The van der Waals surface area contributed by atoms with Crippen molar-refractivity contribution in [2.24, 2.45) is 0 Å². The Bertz CT molecular complexity index is 813. The Morgan fingerprint density at radius 2 is 1.92 bits per heavy atom. The predicted octanol–water partition coefficient (Wildman–Crippen LogP) is 3.90. The van der Waals surface area contributed by atoms with E-state index >= 15 is 0 Å². The van der Waals surface area contributed by atoms with Gasteiger partial charge in [-0.25, -0.2) is 8.78 Å². The van der Waals surface area contributed by atoms with Gasteiger partial charge < -0.3 is 5.32 Å². The second-order valence-electron chi connectivity index (χ2n) is 5.95. The Balaban J connectivity index is 1.80. The maximum Gasteiger partial charge on any atom is 0.252 e. The minimum Gasteiger partial charge on any atom is -0.349 e. The van der Waals surface area contributed by atoms with Gasteiger partial charge in [-0.1, -0.05) is 24.6 Å². The van der Waals surface area contributed by atoms with Crippen molar-refractivity contribution in [1.82, 2.24) is 5.32 Å². The van der Waals surface area contributed by atoms with E-state index in [1.165, 1.54) is 6.07 Å². The third-order valence-corrected chi connectivity index (χ3v) is 4.50. The van der Waals surface area contributed by atoms with Crippen LogP contribution in [0.3, 0.4) is 0 Å². The van der Waals surface area contributed by atoms with Crippen LogP contribution in [0.5, 0.6) is 0 Å². The van der Waals surface area contributed by atoms with E-state index in [1.807, 2.05) is 6.07 Å². The number of nitrogens with one attached hydrogen (secondary N) is 1. The fourth-order valence-electron chi connectivity index (χ4n) is 3.30. The average Bonchev–Trinajstić information content (AvgIpc) is 3.05. The molecule has 0 heterocycles. The van der Waals surface area contributed by atoms with Gasteiger partial charge in [0.1, 0.15) is 0 Å². The van der Waals surface area contributed by atoms with E-state index in [2.05, 4.69) is 5.32 Å². The van der Waals surface area contributed by atoms with Gasteiger partial charge in [0.25, 0.3) is 5.91 Å². The maximum absolute atomic E-state index is 13.5. The van der Waals surface area contributed by atoms with Crippen LogP contribution in [0.15, 0.2) is 42.5 Å². The minimum absolute atomic E-state index is 0.0571. The summed E-state index contributed by atoms with van der Waals surface area (Å²) in [5.41, 5.74) is 1.33. The molecule has 1 saturated carbocycles. The number of nitrogens with zero attached hydrogens (tertiary/aromatic N) is 1. The average molecular weight is 326 g/mol. The third-order valence-electron chi connectivity index (χ3n) is 4.50. The van der Waals surface area contributed by atoms with Crippen LogP contribution in [0.4, 0.5) is 8.78 Å². The molecule has 1 fully saturated rings. The van der Waals surface area contributed by atoms with Gasteiger partial charge in [0.15, 0.2) is 11.6 Å². The quantitative estimate of drug-likeness (QED) is 0.930. The highest BCUT2D eigenvalue weighted by Gasteiger charge is 2.31. The van der Waals surface area contributed by atoms with E-state index < -0.39 is 11.6 Å². The van der Waals surface area contributed by atoms with Crippen molar-refractivity contribution in [3.05, 3.63) is 70.8 Å². The predicted molar refractivity (Wildman–Crippen MR) is 85.4 cm³/mol. The van der Waals surface area contributed by atoms with Crippen molar-refractivity contribution >= 4 is 5.91 Å². The summed E-state index contributed by atoms with van der Waals surface area (Å²) >= 11 is 0. The summed E-state index contributed by atoms with van der Waals surface area (Å²) in [7, 11) is 0. The molecule has 2 aromatic carbocycles. The topological polar surface area (TPSA) is 52.9 Å². The Hall–Kier alpha value is -2.74. The van der Waals surface area contributed by atoms with E-state index in [1.54, 1.807) is 30.3 Å². The van der Waals surface area contributed by atoms with Gasteiger partial charge in [-0.3, -0.25) is 4.79 Å². The molecule has 122 valence electrons. The van der Waals surface area contributed by atoms with Crippen LogP contribution in [0.2, 0.25) is 0 Å². The van der Waals surface area contributed by atoms with Gasteiger partial charge in [-0.15, -0.1) is 0 Å². The van der Waals surface area contributed by atoms with E-state index in [4.69, 9.17) is 5.26 Å². The highest BCUT2D eigenvalue weighted by atomic mass is 19.2. The summed E-state index contributed by atoms with van der Waals surface area (Å²) in [6, 6.07) is 12.3. The zero-order valence-electron chi connectivity index (χ0n) is 12.9. The summed E-state index contributed by atoms with van der Waals surface area (Å²) in [5.74, 6) is -2.12. The number of rotatable bonds is 3. The zero-order chi connectivity index (χ0) is 17.1. The summed E-state index contributed by atoms with van der Waals surface area (Å²) in [6.07, 6.45) is 2.47. The van der Waals surface area contributed by atoms with Gasteiger partial charge in [0.05, 0.1) is 17.2 Å². The van der Waals surface area contributed by atoms with Crippen LogP contribution < -0.4 is 5.32 Å². The van der Waals surface area contributed by atoms with Gasteiger partial charge in [0, 0.05) is 12.0 Å². The molecule has 0 spiro atoms. The number of carbonyl (C=O) groups is 1. The first-order valence-electron chi connectivity index (χ1n) is 7.85. The third kappa shape index (κ3) is 3.13. The van der Waals surface area contributed by atoms with Crippen LogP contribution in [-0.2, 0) is 0 Å². The molecule has 0 unspecified atom stereocenters. The fraction of sp³-hybridized carbons (Fsp3) is 0.263. The Labute approximate surface area is 138 Å². The number of hydrogen-bond donors (Lipinski definition) is 1. The first kappa shape index (κ1) is 16.1. The molecule has 3 rings (SSSR count). The van der Waals surface area contributed by atoms with Crippen molar-refractivity contribution in [1.29, 1.82) is 5.26 Å². The molecule has 1 amide bonds. The molecule has 0 radical (unpaired) electrons. The standard InChI is InChI=1S/C19H16F2N2O/c20-16-9-8-12(10-17(16)21)14-6-3-7-18(14)23-19(24)15-5-2-1-4-13(15)11-22/h1-2,4-5,8-10,14,18H,3,6-7H2,(H,23,24)/t14-,18-/m1/s1. The monoisotopic (exact) mass is 326 g/mol. The van der Waals surface area contributed by atoms with Crippen molar-refractivity contribution in [3.63, 3.8) is 0 Å². The SMILES string of the molecule is N#Cc1ccccc1C(=O)N[C@@H]1CCC[C@@H]1c1ccc(F)c(F)c1. The number of nitriles is 1. The molecule has 0 saturated heterocycles. The second kappa shape index (κ2) is 6.79. The van der Waals surface area contributed by atoms with Crippen LogP contribution >= 0.6 is 0 Å². The van der Waals surface area contributed by atoms with Crippen molar-refractivity contribution < 1.29 is 13.6 Å². The normalized spacial score (nSPS) is 19.7. The largest absolute Gasteiger partial charge is 0.349 e. The van der Waals surface area contributed by atoms with E-state index in [-0.39, 0.29) is 17.9 Å². The van der Waals surface area contributed by atoms with E-state index in [9.17, 15) is 13.6 Å². The molecular weight excluding hydrogens is 310 g/mol. The lowest BCUT2D eigenvalue weighted by molar-refractivity contribution is 0.0934. The summed E-state index contributed by atoms with van der Waals surface area (Å²) in [6.45, 7) is 0. The molecule has 1 N–H and O–H groups in total. The Morgan fingerprint density at radius 1 is 1.12 bits per heavy atom. The molecule has 0 aliphatic heterocycles. The van der Waals surface area contributed by atoms with Crippen LogP contribution in [-0.4, -0.2) is 11.9 Å². The fourth-order valence-corrected chi connectivity index (χ4v) is 3.30. The highest BCUT2D eigenvalue weighted by Crippen LogP contribution is 2.35. The lowest BCUT2D eigenvalue weighted by Crippen LogP contribution is -2.36. The molecule has 2 aromatic rings. The molecular formula is C19H16F2N2O. The van der Waals surface area contributed by atoms with Gasteiger partial charge in [0.2, 0.25) is 0 Å². The lowest BCUT2D eigenvalue weighted by Gasteiger charge is -2.22. The molecule has 1 aliphatic rings. The van der Waals surface area contributed by atoms with E-state index in [0.717, 1.165) is 25.3 Å². The van der Waals surface area contributed by atoms with Crippen LogP contribution in [0.25, 0.3) is 0 Å². The van der Waals surface area contributed by atoms with Gasteiger partial charge in [-0.2, -0.15) is 5.26 Å². The minimum atomic E-state index is -0.876. The lowest BCUT2D eigenvalue weighted by atomic mass is 9.93. The first-order valence-corrected chi connectivity index (χ1v) is 7.85. The first-order chi connectivity index (χ1) is 11.6. The Morgan fingerprint density at radius 3 is 2.67 bits per heavy atom. The molecule has 1 aliphatic carbocycles. The highest BCUT2D eigenvalue weighted by molar-refractivity contribution is 5.96. The summed E-state index contributed by atoms with van der Waals surface area (Å²) in [5, 5.41) is 12.1. The smallest absolute Gasteiger partial charge is 0.252 e. The van der Waals surface area contributed by atoms with Gasteiger partial charge >= 0.3 is 0 Å². The summed E-state index contributed by atoms with van der Waals surface area (Å²) in [4.78, 5) is 12.5. The van der Waals surface area contributed by atoms with Crippen LogP contribution in [0, 0.1) is 23.0 Å².